The summed E-state index contributed by atoms with van der Waals surface area (Å²) in [4.78, 5) is 5.61. The van der Waals surface area contributed by atoms with Crippen LogP contribution in [0.1, 0.15) is 50.5 Å². The lowest BCUT2D eigenvalue weighted by Gasteiger charge is -2.18. The highest BCUT2D eigenvalue weighted by Gasteiger charge is 2.34. The number of nitrogens with zero attached hydrogens (tertiary/aromatic N) is 3. The summed E-state index contributed by atoms with van der Waals surface area (Å²) in [7, 11) is 1.66. The van der Waals surface area contributed by atoms with Gasteiger partial charge in [-0.1, -0.05) is 19.0 Å². The van der Waals surface area contributed by atoms with Crippen molar-refractivity contribution in [3.63, 3.8) is 0 Å². The van der Waals surface area contributed by atoms with Crippen LogP contribution in [0.4, 0.5) is 13.2 Å². The molecule has 2 heterocycles. The molecule has 1 aromatic heterocycles. The van der Waals surface area contributed by atoms with Crippen LogP contribution in [-0.2, 0) is 6.54 Å². The van der Waals surface area contributed by atoms with Crippen molar-refractivity contribution < 1.29 is 17.7 Å². The number of aliphatic imine (C=N–C) groups is 1. The minimum Gasteiger partial charge on any atom is -0.359 e. The molecule has 1 atom stereocenters. The maximum Gasteiger partial charge on any atom is 0.401 e. The Balaban J connectivity index is 0.00000392. The molecule has 0 amide bonds. The number of hydrogen-bond acceptors (Lipinski definition) is 4. The molecule has 6 nitrogen and oxygen atoms in total. The summed E-state index contributed by atoms with van der Waals surface area (Å²) in [5.74, 6) is 1.92. The molecule has 0 aliphatic carbocycles. The largest absolute Gasteiger partial charge is 0.401 e. The van der Waals surface area contributed by atoms with Gasteiger partial charge in [-0.2, -0.15) is 13.2 Å². The standard InChI is InChI=1S/C18H30F3N5O.HI/c1-4-14(5-2)16-8-15(27-25-16)10-24-17(22-3)23-9-13-6-7-26(11-13)12-18(19,20)21;/h8,13-14H,4-7,9-12H2,1-3H3,(H2,22,23,24);1H. The third-order valence-corrected chi connectivity index (χ3v) is 4.97. The maximum atomic E-state index is 12.5. The first kappa shape index (κ1) is 25.0. The molecule has 28 heavy (non-hydrogen) atoms. The predicted molar refractivity (Wildman–Crippen MR) is 114 cm³/mol. The number of rotatable bonds is 8. The molecular formula is C18H31F3IN5O. The second-order valence-corrected chi connectivity index (χ2v) is 7.04. The number of likely N-dealkylation sites (tertiary alicyclic amines) is 1. The SMILES string of the molecule is CCC(CC)c1cc(CNC(=NC)NCC2CCN(CC(F)(F)F)C2)on1.I. The molecule has 1 aromatic rings. The zero-order valence-electron chi connectivity index (χ0n) is 16.7. The summed E-state index contributed by atoms with van der Waals surface area (Å²) < 4.78 is 42.8. The molecule has 1 aliphatic rings. The summed E-state index contributed by atoms with van der Waals surface area (Å²) in [6.45, 7) is 5.40. The van der Waals surface area contributed by atoms with Crippen molar-refractivity contribution >= 4 is 29.9 Å². The van der Waals surface area contributed by atoms with Crippen LogP contribution >= 0.6 is 24.0 Å². The van der Waals surface area contributed by atoms with Crippen molar-refractivity contribution in [2.24, 2.45) is 10.9 Å². The van der Waals surface area contributed by atoms with E-state index in [4.69, 9.17) is 4.52 Å². The average Bonchev–Trinajstić information content (AvgIpc) is 3.24. The average molecular weight is 517 g/mol. The molecule has 0 radical (unpaired) electrons. The Morgan fingerprint density at radius 1 is 1.36 bits per heavy atom. The zero-order chi connectivity index (χ0) is 19.9. The van der Waals surface area contributed by atoms with E-state index in [1.54, 1.807) is 7.05 Å². The van der Waals surface area contributed by atoms with Gasteiger partial charge in [0.05, 0.1) is 18.8 Å². The minimum atomic E-state index is -4.13. The number of hydrogen-bond donors (Lipinski definition) is 2. The van der Waals surface area contributed by atoms with E-state index in [9.17, 15) is 13.2 Å². The Morgan fingerprint density at radius 2 is 2.07 bits per heavy atom. The van der Waals surface area contributed by atoms with Crippen LogP contribution in [0.5, 0.6) is 0 Å². The smallest absolute Gasteiger partial charge is 0.359 e. The molecule has 1 unspecified atom stereocenters. The van der Waals surface area contributed by atoms with Gasteiger partial charge in [0.15, 0.2) is 11.7 Å². The van der Waals surface area contributed by atoms with Gasteiger partial charge in [0.2, 0.25) is 0 Å². The Labute approximate surface area is 181 Å². The summed E-state index contributed by atoms with van der Waals surface area (Å²) in [5.41, 5.74) is 0.968. The molecule has 10 heteroatoms. The lowest BCUT2D eigenvalue weighted by Crippen LogP contribution is -2.40. The van der Waals surface area contributed by atoms with Gasteiger partial charge in [-0.05, 0) is 31.7 Å². The topological polar surface area (TPSA) is 65.7 Å². The first-order chi connectivity index (χ1) is 12.8. The van der Waals surface area contributed by atoms with E-state index in [2.05, 4.69) is 34.6 Å². The minimum absolute atomic E-state index is 0. The van der Waals surface area contributed by atoms with Crippen LogP contribution in [0.2, 0.25) is 0 Å². The fourth-order valence-corrected chi connectivity index (χ4v) is 3.42. The molecular weight excluding hydrogens is 486 g/mol. The van der Waals surface area contributed by atoms with Gasteiger partial charge in [-0.3, -0.25) is 9.89 Å². The quantitative estimate of drug-likeness (QED) is 0.313. The first-order valence-electron chi connectivity index (χ1n) is 9.53. The number of alkyl halides is 3. The molecule has 2 rings (SSSR count). The van der Waals surface area contributed by atoms with E-state index in [1.807, 2.05) is 6.07 Å². The summed E-state index contributed by atoms with van der Waals surface area (Å²) in [6.07, 6.45) is -1.34. The van der Waals surface area contributed by atoms with Gasteiger partial charge >= 0.3 is 6.18 Å². The molecule has 2 N–H and O–H groups in total. The van der Waals surface area contributed by atoms with Gasteiger partial charge in [-0.15, -0.1) is 24.0 Å². The van der Waals surface area contributed by atoms with E-state index in [0.29, 0.717) is 38.1 Å². The molecule has 1 saturated heterocycles. The van der Waals surface area contributed by atoms with Gasteiger partial charge in [0.25, 0.3) is 0 Å². The van der Waals surface area contributed by atoms with Gasteiger partial charge < -0.3 is 15.2 Å². The van der Waals surface area contributed by atoms with Gasteiger partial charge in [0.1, 0.15) is 0 Å². The van der Waals surface area contributed by atoms with E-state index in [-0.39, 0.29) is 29.9 Å². The van der Waals surface area contributed by atoms with E-state index in [1.165, 1.54) is 4.90 Å². The number of nitrogens with one attached hydrogen (secondary N) is 2. The Morgan fingerprint density at radius 3 is 2.68 bits per heavy atom. The van der Waals surface area contributed by atoms with Crippen molar-refractivity contribution in [2.45, 2.75) is 51.7 Å². The zero-order valence-corrected chi connectivity index (χ0v) is 19.0. The van der Waals surface area contributed by atoms with Crippen LogP contribution < -0.4 is 10.6 Å². The molecule has 0 saturated carbocycles. The van der Waals surface area contributed by atoms with Crippen LogP contribution in [0, 0.1) is 5.92 Å². The molecule has 0 bridgehead atoms. The van der Waals surface area contributed by atoms with Gasteiger partial charge in [-0.25, -0.2) is 0 Å². The molecule has 1 aliphatic heterocycles. The predicted octanol–water partition coefficient (Wildman–Crippen LogP) is 3.75. The highest BCUT2D eigenvalue weighted by atomic mass is 127. The van der Waals surface area contributed by atoms with Crippen molar-refractivity contribution in [1.82, 2.24) is 20.7 Å². The molecule has 1 fully saturated rings. The fraction of sp³-hybridized carbons (Fsp3) is 0.778. The van der Waals surface area contributed by atoms with E-state index in [0.717, 1.165) is 30.7 Å². The lowest BCUT2D eigenvalue weighted by molar-refractivity contribution is -0.143. The number of aromatic nitrogens is 1. The molecule has 162 valence electrons. The van der Waals surface area contributed by atoms with E-state index < -0.39 is 12.7 Å². The Hall–Kier alpha value is -1.04. The normalized spacial score (nSPS) is 18.4. The molecule has 0 spiro atoms. The first-order valence-corrected chi connectivity index (χ1v) is 9.53. The van der Waals surface area contributed by atoms with Crippen molar-refractivity contribution in [3.8, 4) is 0 Å². The van der Waals surface area contributed by atoms with Crippen LogP contribution in [0.15, 0.2) is 15.6 Å². The highest BCUT2D eigenvalue weighted by Crippen LogP contribution is 2.23. The highest BCUT2D eigenvalue weighted by molar-refractivity contribution is 14.0. The van der Waals surface area contributed by atoms with Crippen molar-refractivity contribution in [3.05, 3.63) is 17.5 Å². The fourth-order valence-electron chi connectivity index (χ4n) is 3.42. The van der Waals surface area contributed by atoms with Crippen molar-refractivity contribution in [1.29, 1.82) is 0 Å². The number of halogens is 4. The van der Waals surface area contributed by atoms with Crippen LogP contribution in [0.3, 0.4) is 0 Å². The Kier molecular flexibility index (Phi) is 10.6. The summed E-state index contributed by atoms with van der Waals surface area (Å²) >= 11 is 0. The lowest BCUT2D eigenvalue weighted by atomic mass is 9.99. The third-order valence-electron chi connectivity index (χ3n) is 4.97. The summed E-state index contributed by atoms with van der Waals surface area (Å²) in [6, 6.07) is 1.96. The number of guanidine groups is 1. The summed E-state index contributed by atoms with van der Waals surface area (Å²) in [5, 5.41) is 10.5. The Bertz CT molecular complexity index is 604. The van der Waals surface area contributed by atoms with Crippen molar-refractivity contribution in [2.75, 3.05) is 33.2 Å². The van der Waals surface area contributed by atoms with Gasteiger partial charge in [0, 0.05) is 32.1 Å². The second kappa shape index (κ2) is 11.8. The molecule has 0 aromatic carbocycles. The second-order valence-electron chi connectivity index (χ2n) is 7.04. The maximum absolute atomic E-state index is 12.5. The third kappa shape index (κ3) is 8.14. The monoisotopic (exact) mass is 517 g/mol. The van der Waals surface area contributed by atoms with E-state index >= 15 is 0 Å². The van der Waals surface area contributed by atoms with Crippen LogP contribution in [-0.4, -0.2) is 55.4 Å². The van der Waals surface area contributed by atoms with Crippen LogP contribution in [0.25, 0.3) is 0 Å².